The van der Waals surface area contributed by atoms with Gasteiger partial charge in [0.1, 0.15) is 11.9 Å². The second-order valence-corrected chi connectivity index (χ2v) is 4.24. The smallest absolute Gasteiger partial charge is 0.170 e. The fourth-order valence-electron chi connectivity index (χ4n) is 2.07. The fourth-order valence-corrected chi connectivity index (χ4v) is 2.07. The van der Waals surface area contributed by atoms with Crippen LogP contribution in [0.15, 0.2) is 42.6 Å². The number of fused-ring (bicyclic) bond motifs is 1. The molecule has 0 amide bonds. The number of aromatic nitrogens is 1. The predicted octanol–water partition coefficient (Wildman–Crippen LogP) is 2.37. The van der Waals surface area contributed by atoms with E-state index in [0.29, 0.717) is 23.4 Å². The molecule has 0 saturated carbocycles. The minimum Gasteiger partial charge on any atom is -0.483 e. The van der Waals surface area contributed by atoms with Gasteiger partial charge in [-0.05, 0) is 24.3 Å². The third-order valence-electron chi connectivity index (χ3n) is 2.96. The van der Waals surface area contributed by atoms with E-state index in [1.165, 1.54) is 0 Å². The number of hydrogen-bond acceptors (Lipinski definition) is 4. The van der Waals surface area contributed by atoms with Crippen molar-refractivity contribution in [2.75, 3.05) is 5.73 Å². The lowest BCUT2D eigenvalue weighted by Crippen LogP contribution is -2.21. The van der Waals surface area contributed by atoms with E-state index >= 15 is 0 Å². The van der Waals surface area contributed by atoms with E-state index in [2.05, 4.69) is 4.98 Å². The molecule has 2 heterocycles. The zero-order valence-corrected chi connectivity index (χ0v) is 9.67. The third kappa shape index (κ3) is 1.82. The molecule has 0 aliphatic carbocycles. The van der Waals surface area contributed by atoms with Crippen LogP contribution in [0.5, 0.6) is 5.75 Å². The highest BCUT2D eigenvalue weighted by molar-refractivity contribution is 6.00. The molecule has 1 atom stereocenters. The monoisotopic (exact) mass is 240 g/mol. The van der Waals surface area contributed by atoms with Gasteiger partial charge in [0.25, 0.3) is 0 Å². The Bertz CT molecular complexity index is 596. The van der Waals surface area contributed by atoms with Gasteiger partial charge >= 0.3 is 0 Å². The highest BCUT2D eigenvalue weighted by Crippen LogP contribution is 2.35. The van der Waals surface area contributed by atoms with Gasteiger partial charge in [-0.15, -0.1) is 0 Å². The molecule has 2 N–H and O–H groups in total. The second kappa shape index (κ2) is 4.14. The van der Waals surface area contributed by atoms with Crippen molar-refractivity contribution in [3.8, 4) is 5.75 Å². The number of ether oxygens (including phenoxy) is 1. The van der Waals surface area contributed by atoms with E-state index in [-0.39, 0.29) is 11.9 Å². The van der Waals surface area contributed by atoms with Gasteiger partial charge in [-0.1, -0.05) is 6.07 Å². The van der Waals surface area contributed by atoms with Crippen LogP contribution in [-0.4, -0.2) is 10.8 Å². The van der Waals surface area contributed by atoms with Crippen LogP contribution >= 0.6 is 0 Å². The van der Waals surface area contributed by atoms with Crippen LogP contribution in [0.4, 0.5) is 5.69 Å². The van der Waals surface area contributed by atoms with Crippen LogP contribution in [0.3, 0.4) is 0 Å². The minimum absolute atomic E-state index is 0.0619. The Morgan fingerprint density at radius 2 is 2.17 bits per heavy atom. The van der Waals surface area contributed by atoms with Crippen LogP contribution in [0.2, 0.25) is 0 Å². The molecule has 0 bridgehead atoms. The first-order valence-electron chi connectivity index (χ1n) is 5.74. The Kier molecular flexibility index (Phi) is 2.48. The van der Waals surface area contributed by atoms with E-state index in [1.807, 2.05) is 18.2 Å². The number of hydrogen-bond donors (Lipinski definition) is 1. The van der Waals surface area contributed by atoms with E-state index in [4.69, 9.17) is 10.5 Å². The summed E-state index contributed by atoms with van der Waals surface area (Å²) >= 11 is 0. The van der Waals surface area contributed by atoms with Gasteiger partial charge in [-0.25, -0.2) is 0 Å². The first kappa shape index (κ1) is 10.8. The van der Waals surface area contributed by atoms with E-state index in [1.54, 1.807) is 24.4 Å². The van der Waals surface area contributed by atoms with Crippen LogP contribution < -0.4 is 10.5 Å². The lowest BCUT2D eigenvalue weighted by Gasteiger charge is -2.24. The van der Waals surface area contributed by atoms with Crippen molar-refractivity contribution in [3.05, 3.63) is 53.9 Å². The van der Waals surface area contributed by atoms with Gasteiger partial charge in [-0.2, -0.15) is 0 Å². The fraction of sp³-hybridized carbons (Fsp3) is 0.143. The maximum atomic E-state index is 12.0. The number of carbonyl (C=O) groups excluding carboxylic acids is 1. The van der Waals surface area contributed by atoms with E-state index < -0.39 is 0 Å². The van der Waals surface area contributed by atoms with Gasteiger partial charge in [0.05, 0.1) is 17.7 Å². The maximum absolute atomic E-state index is 12.0. The molecule has 18 heavy (non-hydrogen) atoms. The topological polar surface area (TPSA) is 65.2 Å². The lowest BCUT2D eigenvalue weighted by molar-refractivity contribution is 0.0845. The highest BCUT2D eigenvalue weighted by Gasteiger charge is 2.28. The Morgan fingerprint density at radius 1 is 1.28 bits per heavy atom. The van der Waals surface area contributed by atoms with Gasteiger partial charge in [0.2, 0.25) is 0 Å². The zero-order valence-electron chi connectivity index (χ0n) is 9.67. The molecule has 1 aliphatic rings. The van der Waals surface area contributed by atoms with Crippen molar-refractivity contribution in [2.45, 2.75) is 12.5 Å². The lowest BCUT2D eigenvalue weighted by atomic mass is 9.98. The number of pyridine rings is 1. The normalized spacial score (nSPS) is 18.0. The molecule has 4 nitrogen and oxygen atoms in total. The molecule has 90 valence electrons. The van der Waals surface area contributed by atoms with Gasteiger partial charge in [-0.3, -0.25) is 9.78 Å². The number of carbonyl (C=O) groups is 1. The molecule has 0 radical (unpaired) electrons. The number of nitrogen functional groups attached to an aromatic ring is 1. The largest absolute Gasteiger partial charge is 0.483 e. The van der Waals surface area contributed by atoms with Crippen LogP contribution in [0, 0.1) is 0 Å². The second-order valence-electron chi connectivity index (χ2n) is 4.24. The average Bonchev–Trinajstić information content (AvgIpc) is 2.39. The molecule has 0 spiro atoms. The summed E-state index contributed by atoms with van der Waals surface area (Å²) in [6, 6.07) is 10.7. The van der Waals surface area contributed by atoms with Crippen molar-refractivity contribution in [3.63, 3.8) is 0 Å². The Morgan fingerprint density at radius 3 is 2.94 bits per heavy atom. The molecule has 2 aromatic rings. The summed E-state index contributed by atoms with van der Waals surface area (Å²) in [6.45, 7) is 0. The van der Waals surface area contributed by atoms with Crippen molar-refractivity contribution >= 4 is 11.5 Å². The summed E-state index contributed by atoms with van der Waals surface area (Å²) in [4.78, 5) is 16.3. The average molecular weight is 240 g/mol. The van der Waals surface area contributed by atoms with Crippen molar-refractivity contribution < 1.29 is 9.53 Å². The third-order valence-corrected chi connectivity index (χ3v) is 2.96. The molecule has 1 aromatic heterocycles. The molecule has 1 unspecified atom stereocenters. The van der Waals surface area contributed by atoms with Crippen LogP contribution in [0.1, 0.15) is 28.6 Å². The molecule has 3 rings (SSSR count). The zero-order chi connectivity index (χ0) is 12.5. The summed E-state index contributed by atoms with van der Waals surface area (Å²) in [6.07, 6.45) is 1.68. The van der Waals surface area contributed by atoms with Gasteiger partial charge in [0.15, 0.2) is 5.78 Å². The molecule has 1 aliphatic heterocycles. The number of nitrogens with zero attached hydrogens (tertiary/aromatic N) is 1. The maximum Gasteiger partial charge on any atom is 0.170 e. The Balaban J connectivity index is 1.98. The van der Waals surface area contributed by atoms with Gasteiger partial charge < -0.3 is 10.5 Å². The minimum atomic E-state index is -0.326. The number of anilines is 1. The van der Waals surface area contributed by atoms with E-state index in [0.717, 1.165) is 5.69 Å². The first-order chi connectivity index (χ1) is 8.74. The Hall–Kier alpha value is -2.36. The summed E-state index contributed by atoms with van der Waals surface area (Å²) in [7, 11) is 0. The first-order valence-corrected chi connectivity index (χ1v) is 5.74. The Labute approximate surface area is 104 Å². The molecule has 0 fully saturated rings. The number of rotatable bonds is 1. The quantitative estimate of drug-likeness (QED) is 0.777. The van der Waals surface area contributed by atoms with Gasteiger partial charge in [0, 0.05) is 18.0 Å². The van der Waals surface area contributed by atoms with Crippen LogP contribution in [0.25, 0.3) is 0 Å². The van der Waals surface area contributed by atoms with E-state index in [9.17, 15) is 4.79 Å². The number of benzene rings is 1. The SMILES string of the molecule is Nc1ccc2c(c1)OC(c1ccccn1)CC2=O. The van der Waals surface area contributed by atoms with Crippen molar-refractivity contribution in [2.24, 2.45) is 0 Å². The summed E-state index contributed by atoms with van der Waals surface area (Å²) in [5.74, 6) is 0.605. The molecule has 0 saturated heterocycles. The molecule has 4 heteroatoms. The molecule has 1 aromatic carbocycles. The summed E-state index contributed by atoms with van der Waals surface area (Å²) in [5.41, 5.74) is 7.65. The summed E-state index contributed by atoms with van der Waals surface area (Å²) in [5, 5.41) is 0. The van der Waals surface area contributed by atoms with Crippen molar-refractivity contribution in [1.29, 1.82) is 0 Å². The van der Waals surface area contributed by atoms with Crippen molar-refractivity contribution in [1.82, 2.24) is 4.98 Å². The summed E-state index contributed by atoms with van der Waals surface area (Å²) < 4.78 is 5.81. The molecular formula is C14H12N2O2. The number of Topliss-reactive ketones (excluding diaryl/α,β-unsaturated/α-hetero) is 1. The number of nitrogens with two attached hydrogens (primary N) is 1. The standard InChI is InChI=1S/C14H12N2O2/c15-9-4-5-10-12(17)8-14(18-13(10)7-9)11-3-1-2-6-16-11/h1-7,14H,8,15H2. The number of ketones is 1. The predicted molar refractivity (Wildman–Crippen MR) is 67.4 cm³/mol. The molecular weight excluding hydrogens is 228 g/mol. The highest BCUT2D eigenvalue weighted by atomic mass is 16.5. The van der Waals surface area contributed by atoms with Crippen LogP contribution in [-0.2, 0) is 0 Å².